The van der Waals surface area contributed by atoms with Gasteiger partial charge in [-0.1, -0.05) is 29.8 Å². The Balaban J connectivity index is 1.93. The van der Waals surface area contributed by atoms with Gasteiger partial charge in [-0.2, -0.15) is 9.41 Å². The molecule has 0 aliphatic rings. The first-order valence-corrected chi connectivity index (χ1v) is 9.71. The highest BCUT2D eigenvalue weighted by Gasteiger charge is 2.22. The van der Waals surface area contributed by atoms with Crippen molar-refractivity contribution in [2.75, 3.05) is 20.7 Å². The van der Waals surface area contributed by atoms with E-state index >= 15 is 0 Å². The van der Waals surface area contributed by atoms with Gasteiger partial charge in [0.2, 0.25) is 10.0 Å². The largest absolute Gasteiger partial charge is 0.465 e. The normalized spacial score (nSPS) is 11.6. The predicted octanol–water partition coefficient (Wildman–Crippen LogP) is 1.55. The Morgan fingerprint density at radius 2 is 1.71 bits per heavy atom. The minimum atomic E-state index is -3.77. The van der Waals surface area contributed by atoms with Crippen LogP contribution in [0.25, 0.3) is 0 Å². The number of nitrogens with zero attached hydrogens (tertiary/aromatic N) is 2. The van der Waals surface area contributed by atoms with Gasteiger partial charge in [0, 0.05) is 7.05 Å². The molecule has 8 nitrogen and oxygen atoms in total. The van der Waals surface area contributed by atoms with E-state index in [1.165, 1.54) is 32.5 Å². The standard InChI is InChI=1S/C19H21N3O5S/c1-14-4-10-17(11-5-14)28(25,26)22(2)13-18(23)21-20-12-15-6-8-16(9-7-15)19(24)27-3/h4-12H,13H2,1-3H3,(H,21,23)/b20-12+. The Kier molecular flexibility index (Phi) is 7.02. The molecule has 28 heavy (non-hydrogen) atoms. The molecule has 0 atom stereocenters. The highest BCUT2D eigenvalue weighted by Crippen LogP contribution is 2.14. The molecule has 1 amide bonds. The molecule has 0 saturated carbocycles. The number of likely N-dealkylation sites (N-methyl/N-ethyl adjacent to an activating group) is 1. The molecule has 9 heteroatoms. The quantitative estimate of drug-likeness (QED) is 0.429. The molecule has 0 aromatic heterocycles. The summed E-state index contributed by atoms with van der Waals surface area (Å²) in [5, 5.41) is 3.79. The molecule has 1 N–H and O–H groups in total. The van der Waals surface area contributed by atoms with Crippen LogP contribution in [-0.2, 0) is 19.6 Å². The maximum atomic E-state index is 12.5. The van der Waals surface area contributed by atoms with Gasteiger partial charge in [0.1, 0.15) is 0 Å². The van der Waals surface area contributed by atoms with Crippen molar-refractivity contribution in [3.8, 4) is 0 Å². The third kappa shape index (κ3) is 5.48. The number of amides is 1. The summed E-state index contributed by atoms with van der Waals surface area (Å²) in [6.07, 6.45) is 1.38. The van der Waals surface area contributed by atoms with E-state index in [1.54, 1.807) is 36.4 Å². The van der Waals surface area contributed by atoms with E-state index in [0.717, 1.165) is 9.87 Å². The predicted molar refractivity (Wildman–Crippen MR) is 105 cm³/mol. The van der Waals surface area contributed by atoms with Gasteiger partial charge in [0.25, 0.3) is 5.91 Å². The Hall–Kier alpha value is -3.04. The van der Waals surface area contributed by atoms with Crippen LogP contribution < -0.4 is 5.43 Å². The Bertz CT molecular complexity index is 968. The lowest BCUT2D eigenvalue weighted by atomic mass is 10.1. The molecule has 0 fully saturated rings. The van der Waals surface area contributed by atoms with E-state index in [-0.39, 0.29) is 11.4 Å². The number of esters is 1. The summed E-state index contributed by atoms with van der Waals surface area (Å²) < 4.78 is 30.5. The molecule has 148 valence electrons. The van der Waals surface area contributed by atoms with E-state index in [1.807, 2.05) is 6.92 Å². The Labute approximate surface area is 163 Å². The maximum Gasteiger partial charge on any atom is 0.337 e. The maximum absolute atomic E-state index is 12.5. The zero-order valence-corrected chi connectivity index (χ0v) is 16.6. The van der Waals surface area contributed by atoms with Crippen LogP contribution in [0.4, 0.5) is 0 Å². The zero-order chi connectivity index (χ0) is 20.7. The number of sulfonamides is 1. The van der Waals surface area contributed by atoms with Crippen LogP contribution in [0.3, 0.4) is 0 Å². The summed E-state index contributed by atoms with van der Waals surface area (Å²) in [5.41, 5.74) is 4.26. The van der Waals surface area contributed by atoms with Gasteiger partial charge < -0.3 is 4.74 Å². The first-order valence-electron chi connectivity index (χ1n) is 8.27. The third-order valence-electron chi connectivity index (χ3n) is 3.83. The van der Waals surface area contributed by atoms with Gasteiger partial charge in [-0.25, -0.2) is 18.6 Å². The second-order valence-electron chi connectivity index (χ2n) is 5.98. The number of hydrogen-bond donors (Lipinski definition) is 1. The number of aryl methyl sites for hydroxylation is 1. The van der Waals surface area contributed by atoms with Gasteiger partial charge >= 0.3 is 5.97 Å². The summed E-state index contributed by atoms with van der Waals surface area (Å²) in [5.74, 6) is -1.03. The van der Waals surface area contributed by atoms with E-state index in [4.69, 9.17) is 0 Å². The van der Waals surface area contributed by atoms with Gasteiger partial charge in [0.15, 0.2) is 0 Å². The van der Waals surface area contributed by atoms with Crippen LogP contribution in [0.15, 0.2) is 58.5 Å². The van der Waals surface area contributed by atoms with Crippen LogP contribution in [0, 0.1) is 6.92 Å². The molecule has 0 spiro atoms. The molecule has 0 saturated heterocycles. The first-order chi connectivity index (χ1) is 13.2. The van der Waals surface area contributed by atoms with Crippen molar-refractivity contribution in [2.24, 2.45) is 5.10 Å². The molecule has 0 aliphatic carbocycles. The first kappa shape index (κ1) is 21.3. The number of rotatable bonds is 7. The molecule has 2 rings (SSSR count). The number of carbonyl (C=O) groups is 2. The Morgan fingerprint density at radius 3 is 2.29 bits per heavy atom. The van der Waals surface area contributed by atoms with Crippen LogP contribution in [0.5, 0.6) is 0 Å². The molecule has 0 unspecified atom stereocenters. The summed E-state index contributed by atoms with van der Waals surface area (Å²) in [7, 11) is -1.15. The summed E-state index contributed by atoms with van der Waals surface area (Å²) in [6.45, 7) is 1.48. The fourth-order valence-corrected chi connectivity index (χ4v) is 3.34. The van der Waals surface area contributed by atoms with Crippen LogP contribution in [-0.4, -0.2) is 51.5 Å². The SMILES string of the molecule is COC(=O)c1ccc(/C=N/NC(=O)CN(C)S(=O)(=O)c2ccc(C)cc2)cc1. The average Bonchev–Trinajstić information content (AvgIpc) is 2.68. The molecule has 0 radical (unpaired) electrons. The number of nitrogens with one attached hydrogen (secondary N) is 1. The molecule has 0 aliphatic heterocycles. The summed E-state index contributed by atoms with van der Waals surface area (Å²) in [4.78, 5) is 23.4. The number of hydrogen-bond acceptors (Lipinski definition) is 6. The fourth-order valence-electron chi connectivity index (χ4n) is 2.21. The number of methoxy groups -OCH3 is 1. The summed E-state index contributed by atoms with van der Waals surface area (Å²) in [6, 6.07) is 12.8. The molecular weight excluding hydrogens is 382 g/mol. The van der Waals surface area contributed by atoms with Gasteiger partial charge in [-0.05, 0) is 36.8 Å². The van der Waals surface area contributed by atoms with E-state index < -0.39 is 21.9 Å². The monoisotopic (exact) mass is 403 g/mol. The highest BCUT2D eigenvalue weighted by molar-refractivity contribution is 7.89. The van der Waals surface area contributed by atoms with E-state index in [9.17, 15) is 18.0 Å². The zero-order valence-electron chi connectivity index (χ0n) is 15.7. The van der Waals surface area contributed by atoms with Crippen molar-refractivity contribution in [3.05, 3.63) is 65.2 Å². The molecule has 0 heterocycles. The lowest BCUT2D eigenvalue weighted by Crippen LogP contribution is -2.36. The van der Waals surface area contributed by atoms with Gasteiger partial charge in [0.05, 0.1) is 30.3 Å². The van der Waals surface area contributed by atoms with E-state index in [0.29, 0.717) is 11.1 Å². The van der Waals surface area contributed by atoms with Crippen molar-refractivity contribution >= 4 is 28.1 Å². The minimum Gasteiger partial charge on any atom is -0.465 e. The summed E-state index contributed by atoms with van der Waals surface area (Å²) >= 11 is 0. The van der Waals surface area contributed by atoms with E-state index in [2.05, 4.69) is 15.3 Å². The Morgan fingerprint density at radius 1 is 1.11 bits per heavy atom. The van der Waals surface area contributed by atoms with Crippen molar-refractivity contribution in [3.63, 3.8) is 0 Å². The highest BCUT2D eigenvalue weighted by atomic mass is 32.2. The number of ether oxygens (including phenoxy) is 1. The topological polar surface area (TPSA) is 105 Å². The molecule has 2 aromatic carbocycles. The van der Waals surface area contributed by atoms with Crippen LogP contribution in [0.2, 0.25) is 0 Å². The van der Waals surface area contributed by atoms with Crippen LogP contribution in [0.1, 0.15) is 21.5 Å². The fraction of sp³-hybridized carbons (Fsp3) is 0.211. The smallest absolute Gasteiger partial charge is 0.337 e. The molecule has 2 aromatic rings. The molecular formula is C19H21N3O5S. The second kappa shape index (κ2) is 9.25. The van der Waals surface area contributed by atoms with Crippen molar-refractivity contribution < 1.29 is 22.7 Å². The van der Waals surface area contributed by atoms with Gasteiger partial charge in [-0.15, -0.1) is 0 Å². The lowest BCUT2D eigenvalue weighted by Gasteiger charge is -2.16. The van der Waals surface area contributed by atoms with Crippen molar-refractivity contribution in [2.45, 2.75) is 11.8 Å². The third-order valence-corrected chi connectivity index (χ3v) is 5.65. The minimum absolute atomic E-state index is 0.114. The van der Waals surface area contributed by atoms with Gasteiger partial charge in [-0.3, -0.25) is 4.79 Å². The molecule has 0 bridgehead atoms. The number of hydrazone groups is 1. The number of benzene rings is 2. The van der Waals surface area contributed by atoms with Crippen LogP contribution >= 0.6 is 0 Å². The number of carbonyl (C=O) groups excluding carboxylic acids is 2. The second-order valence-corrected chi connectivity index (χ2v) is 8.03. The average molecular weight is 403 g/mol. The lowest BCUT2D eigenvalue weighted by molar-refractivity contribution is -0.121. The van der Waals surface area contributed by atoms with Crippen molar-refractivity contribution in [1.29, 1.82) is 0 Å². The van der Waals surface area contributed by atoms with Crippen molar-refractivity contribution in [1.82, 2.24) is 9.73 Å².